The van der Waals surface area contributed by atoms with Crippen LogP contribution in [0.4, 0.5) is 0 Å². The van der Waals surface area contributed by atoms with Crippen molar-refractivity contribution in [2.45, 2.75) is 26.3 Å². The molecule has 0 aromatic carbocycles. The molecule has 0 spiro atoms. The predicted octanol–water partition coefficient (Wildman–Crippen LogP) is 3.05. The van der Waals surface area contributed by atoms with Gasteiger partial charge in [-0.3, -0.25) is 0 Å². The average molecular weight is 262 g/mol. The predicted molar refractivity (Wildman–Crippen MR) is 71.6 cm³/mol. The zero-order valence-corrected chi connectivity index (χ0v) is 11.4. The van der Waals surface area contributed by atoms with Crippen molar-refractivity contribution in [1.29, 1.82) is 0 Å². The van der Waals surface area contributed by atoms with Crippen molar-refractivity contribution >= 4 is 22.9 Å². The second-order valence-corrected chi connectivity index (χ2v) is 5.18. The standard InChI is InChI=1S/C12H20ClNOS/c1-2-11-4-5-12(16-11)10-14-7-3-8-15-9-6-13/h4-5,14H,2-3,6-10H2,1H3. The maximum absolute atomic E-state index is 5.50. The molecule has 1 aromatic heterocycles. The van der Waals surface area contributed by atoms with Crippen LogP contribution in [0.3, 0.4) is 0 Å². The molecule has 0 amide bonds. The van der Waals surface area contributed by atoms with E-state index >= 15 is 0 Å². The second kappa shape index (κ2) is 8.99. The van der Waals surface area contributed by atoms with Gasteiger partial charge in [0.1, 0.15) is 0 Å². The Kier molecular flexibility index (Phi) is 7.85. The molecule has 16 heavy (non-hydrogen) atoms. The third-order valence-electron chi connectivity index (χ3n) is 2.23. The molecule has 0 unspecified atom stereocenters. The summed E-state index contributed by atoms with van der Waals surface area (Å²) in [7, 11) is 0. The first kappa shape index (κ1) is 14.0. The van der Waals surface area contributed by atoms with Gasteiger partial charge in [-0.05, 0) is 31.5 Å². The maximum atomic E-state index is 5.50. The Morgan fingerprint density at radius 1 is 1.31 bits per heavy atom. The Hall–Kier alpha value is -0.0900. The lowest BCUT2D eigenvalue weighted by Gasteiger charge is -2.03. The largest absolute Gasteiger partial charge is 0.380 e. The number of ether oxygens (including phenoxy) is 1. The molecule has 4 heteroatoms. The summed E-state index contributed by atoms with van der Waals surface area (Å²) in [6.07, 6.45) is 2.18. The van der Waals surface area contributed by atoms with Gasteiger partial charge in [-0.25, -0.2) is 0 Å². The number of aryl methyl sites for hydroxylation is 1. The molecule has 2 nitrogen and oxygen atoms in total. The van der Waals surface area contributed by atoms with Gasteiger partial charge in [0.25, 0.3) is 0 Å². The van der Waals surface area contributed by atoms with Crippen molar-refractivity contribution in [3.05, 3.63) is 21.9 Å². The summed E-state index contributed by atoms with van der Waals surface area (Å²) in [5.41, 5.74) is 0. The lowest BCUT2D eigenvalue weighted by molar-refractivity contribution is 0.146. The van der Waals surface area contributed by atoms with Gasteiger partial charge in [0, 0.05) is 28.8 Å². The van der Waals surface area contributed by atoms with Gasteiger partial charge in [-0.1, -0.05) is 6.92 Å². The van der Waals surface area contributed by atoms with E-state index in [2.05, 4.69) is 24.4 Å². The fourth-order valence-electron chi connectivity index (χ4n) is 1.37. The van der Waals surface area contributed by atoms with Crippen LogP contribution in [0.15, 0.2) is 12.1 Å². The van der Waals surface area contributed by atoms with E-state index < -0.39 is 0 Å². The van der Waals surface area contributed by atoms with E-state index in [4.69, 9.17) is 16.3 Å². The molecule has 0 bridgehead atoms. The van der Waals surface area contributed by atoms with Crippen LogP contribution in [0.1, 0.15) is 23.1 Å². The van der Waals surface area contributed by atoms with Crippen LogP contribution in [-0.4, -0.2) is 25.6 Å². The first-order valence-electron chi connectivity index (χ1n) is 5.78. The lowest BCUT2D eigenvalue weighted by atomic mass is 10.3. The SMILES string of the molecule is CCc1ccc(CNCCCOCCCl)s1. The fraction of sp³-hybridized carbons (Fsp3) is 0.667. The summed E-state index contributed by atoms with van der Waals surface area (Å²) in [6, 6.07) is 4.42. The average Bonchev–Trinajstić information content (AvgIpc) is 2.76. The molecule has 0 aliphatic heterocycles. The van der Waals surface area contributed by atoms with Gasteiger partial charge >= 0.3 is 0 Å². The van der Waals surface area contributed by atoms with E-state index in [0.29, 0.717) is 12.5 Å². The Bertz CT molecular complexity index is 278. The van der Waals surface area contributed by atoms with Crippen molar-refractivity contribution < 1.29 is 4.74 Å². The monoisotopic (exact) mass is 261 g/mol. The number of nitrogens with one attached hydrogen (secondary N) is 1. The highest BCUT2D eigenvalue weighted by Gasteiger charge is 1.97. The minimum atomic E-state index is 0.586. The number of alkyl halides is 1. The van der Waals surface area contributed by atoms with Gasteiger partial charge in [0.15, 0.2) is 0 Å². The first-order valence-corrected chi connectivity index (χ1v) is 7.14. The molecule has 0 saturated heterocycles. The summed E-state index contributed by atoms with van der Waals surface area (Å²) in [6.45, 7) is 5.62. The van der Waals surface area contributed by atoms with Gasteiger partial charge < -0.3 is 10.1 Å². The smallest absolute Gasteiger partial charge is 0.0601 e. The summed E-state index contributed by atoms with van der Waals surface area (Å²) < 4.78 is 5.29. The van der Waals surface area contributed by atoms with E-state index in [1.807, 2.05) is 11.3 Å². The van der Waals surface area contributed by atoms with Crippen molar-refractivity contribution in [3.63, 3.8) is 0 Å². The second-order valence-electron chi connectivity index (χ2n) is 3.55. The molecular formula is C12H20ClNOS. The molecule has 1 N–H and O–H groups in total. The zero-order valence-electron chi connectivity index (χ0n) is 9.80. The highest BCUT2D eigenvalue weighted by atomic mass is 35.5. The number of hydrogen-bond donors (Lipinski definition) is 1. The number of halogens is 1. The van der Waals surface area contributed by atoms with Gasteiger partial charge in [-0.15, -0.1) is 22.9 Å². The first-order chi connectivity index (χ1) is 7.86. The molecule has 1 heterocycles. The van der Waals surface area contributed by atoms with Crippen LogP contribution in [0, 0.1) is 0 Å². The van der Waals surface area contributed by atoms with E-state index in [0.717, 1.165) is 32.5 Å². The maximum Gasteiger partial charge on any atom is 0.0601 e. The Labute approximate surface area is 107 Å². The van der Waals surface area contributed by atoms with Crippen molar-refractivity contribution in [1.82, 2.24) is 5.32 Å². The molecule has 0 aliphatic rings. The van der Waals surface area contributed by atoms with Crippen LogP contribution in [0.5, 0.6) is 0 Å². The van der Waals surface area contributed by atoms with E-state index in [1.165, 1.54) is 9.75 Å². The van der Waals surface area contributed by atoms with Crippen LogP contribution < -0.4 is 5.32 Å². The van der Waals surface area contributed by atoms with Gasteiger partial charge in [0.2, 0.25) is 0 Å². The minimum absolute atomic E-state index is 0.586. The van der Waals surface area contributed by atoms with Crippen LogP contribution >= 0.6 is 22.9 Å². The van der Waals surface area contributed by atoms with E-state index in [9.17, 15) is 0 Å². The molecule has 0 saturated carbocycles. The van der Waals surface area contributed by atoms with E-state index in [-0.39, 0.29) is 0 Å². The molecule has 0 aliphatic carbocycles. The number of hydrogen-bond acceptors (Lipinski definition) is 3. The Balaban J connectivity index is 1.98. The van der Waals surface area contributed by atoms with Crippen molar-refractivity contribution in [3.8, 4) is 0 Å². The molecule has 0 radical (unpaired) electrons. The molecule has 0 fully saturated rings. The third kappa shape index (κ3) is 5.85. The highest BCUT2D eigenvalue weighted by molar-refractivity contribution is 7.11. The van der Waals surface area contributed by atoms with Crippen LogP contribution in [0.2, 0.25) is 0 Å². The zero-order chi connectivity index (χ0) is 11.6. The molecule has 92 valence electrons. The summed E-state index contributed by atoms with van der Waals surface area (Å²) in [5.74, 6) is 0.586. The number of thiophene rings is 1. The lowest BCUT2D eigenvalue weighted by Crippen LogP contribution is -2.15. The van der Waals surface area contributed by atoms with E-state index in [1.54, 1.807) is 0 Å². The Morgan fingerprint density at radius 2 is 2.12 bits per heavy atom. The fourth-order valence-corrected chi connectivity index (χ4v) is 2.41. The third-order valence-corrected chi connectivity index (χ3v) is 3.61. The molecule has 0 atom stereocenters. The van der Waals surface area contributed by atoms with Crippen molar-refractivity contribution in [2.75, 3.05) is 25.6 Å². The Morgan fingerprint density at radius 3 is 2.81 bits per heavy atom. The van der Waals surface area contributed by atoms with Crippen LogP contribution in [0.25, 0.3) is 0 Å². The summed E-state index contributed by atoms with van der Waals surface area (Å²) in [5, 5.41) is 3.41. The summed E-state index contributed by atoms with van der Waals surface area (Å²) in [4.78, 5) is 2.88. The quantitative estimate of drug-likeness (QED) is 0.545. The normalized spacial score (nSPS) is 10.9. The van der Waals surface area contributed by atoms with Crippen LogP contribution in [-0.2, 0) is 17.7 Å². The van der Waals surface area contributed by atoms with Gasteiger partial charge in [-0.2, -0.15) is 0 Å². The van der Waals surface area contributed by atoms with Crippen molar-refractivity contribution in [2.24, 2.45) is 0 Å². The molecular weight excluding hydrogens is 242 g/mol. The minimum Gasteiger partial charge on any atom is -0.380 e. The summed E-state index contributed by atoms with van der Waals surface area (Å²) >= 11 is 7.39. The topological polar surface area (TPSA) is 21.3 Å². The van der Waals surface area contributed by atoms with Gasteiger partial charge in [0.05, 0.1) is 6.61 Å². The molecule has 1 rings (SSSR count). The number of rotatable bonds is 9. The molecule has 1 aromatic rings. The highest BCUT2D eigenvalue weighted by Crippen LogP contribution is 2.16.